The quantitative estimate of drug-likeness (QED) is 0.671. The first-order valence-corrected chi connectivity index (χ1v) is 8.29. The number of hydrogen-bond acceptors (Lipinski definition) is 2. The van der Waals surface area contributed by atoms with E-state index in [1.54, 1.807) is 0 Å². The van der Waals surface area contributed by atoms with Crippen LogP contribution in [0.4, 0.5) is 0 Å². The zero-order valence-corrected chi connectivity index (χ0v) is 12.9. The van der Waals surface area contributed by atoms with E-state index in [1.807, 2.05) is 0 Å². The van der Waals surface area contributed by atoms with Gasteiger partial charge in [-0.1, -0.05) is 38.1 Å². The minimum absolute atomic E-state index is 0.670. The maximum atomic E-state index is 3.51. The maximum Gasteiger partial charge on any atom is 0.00201 e. The predicted octanol–water partition coefficient (Wildman–Crippen LogP) is 4.22. The highest BCUT2D eigenvalue weighted by Crippen LogP contribution is 2.24. The van der Waals surface area contributed by atoms with Gasteiger partial charge in [-0.15, -0.1) is 0 Å². The lowest BCUT2D eigenvalue weighted by Gasteiger charge is -2.19. The van der Waals surface area contributed by atoms with Crippen LogP contribution in [0.3, 0.4) is 0 Å². The standard InChI is InChI=1S/C16H27NS/c1-4-17-13-15(10-8-12-18-5-2)16-11-7-6-9-14(16)3/h6-7,9,11,15,17H,4-5,8,10,12-13H2,1-3H3. The lowest BCUT2D eigenvalue weighted by molar-refractivity contribution is 0.555. The van der Waals surface area contributed by atoms with E-state index in [9.17, 15) is 0 Å². The number of likely N-dealkylation sites (N-methyl/N-ethyl adjacent to an activating group) is 1. The van der Waals surface area contributed by atoms with E-state index >= 15 is 0 Å². The summed E-state index contributed by atoms with van der Waals surface area (Å²) >= 11 is 2.05. The molecule has 0 aliphatic carbocycles. The monoisotopic (exact) mass is 265 g/mol. The fourth-order valence-electron chi connectivity index (χ4n) is 2.31. The fourth-order valence-corrected chi connectivity index (χ4v) is 2.97. The summed E-state index contributed by atoms with van der Waals surface area (Å²) in [6, 6.07) is 8.83. The molecule has 0 amide bonds. The average Bonchev–Trinajstić information content (AvgIpc) is 2.39. The summed E-state index contributed by atoms with van der Waals surface area (Å²) in [5.41, 5.74) is 2.96. The van der Waals surface area contributed by atoms with Gasteiger partial charge in [0.2, 0.25) is 0 Å². The van der Waals surface area contributed by atoms with Crippen molar-refractivity contribution in [1.29, 1.82) is 0 Å². The van der Waals surface area contributed by atoms with Gasteiger partial charge in [0.15, 0.2) is 0 Å². The van der Waals surface area contributed by atoms with Crippen LogP contribution in [0.25, 0.3) is 0 Å². The van der Waals surface area contributed by atoms with Gasteiger partial charge in [-0.25, -0.2) is 0 Å². The fraction of sp³-hybridized carbons (Fsp3) is 0.625. The molecule has 1 atom stereocenters. The summed E-state index contributed by atoms with van der Waals surface area (Å²) in [4.78, 5) is 0. The zero-order valence-electron chi connectivity index (χ0n) is 12.0. The second kappa shape index (κ2) is 9.46. The van der Waals surface area contributed by atoms with Gasteiger partial charge in [-0.2, -0.15) is 11.8 Å². The van der Waals surface area contributed by atoms with Crippen LogP contribution in [0, 0.1) is 6.92 Å². The van der Waals surface area contributed by atoms with Gasteiger partial charge in [0.1, 0.15) is 0 Å². The second-order valence-electron chi connectivity index (χ2n) is 4.70. The number of thioether (sulfide) groups is 1. The van der Waals surface area contributed by atoms with E-state index in [0.29, 0.717) is 5.92 Å². The maximum absolute atomic E-state index is 3.51. The number of aryl methyl sites for hydroxylation is 1. The molecule has 0 fully saturated rings. The summed E-state index contributed by atoms with van der Waals surface area (Å²) in [5, 5.41) is 3.51. The number of benzene rings is 1. The summed E-state index contributed by atoms with van der Waals surface area (Å²) in [6.07, 6.45) is 2.62. The highest BCUT2D eigenvalue weighted by atomic mass is 32.2. The molecule has 2 heteroatoms. The molecule has 0 saturated heterocycles. The molecule has 1 unspecified atom stereocenters. The Morgan fingerprint density at radius 2 is 2.00 bits per heavy atom. The third-order valence-electron chi connectivity index (χ3n) is 3.31. The Morgan fingerprint density at radius 1 is 1.22 bits per heavy atom. The lowest BCUT2D eigenvalue weighted by atomic mass is 9.91. The molecule has 102 valence electrons. The third kappa shape index (κ3) is 5.45. The molecule has 1 aromatic carbocycles. The van der Waals surface area contributed by atoms with Gasteiger partial charge >= 0.3 is 0 Å². The Morgan fingerprint density at radius 3 is 2.67 bits per heavy atom. The Labute approximate surface area is 117 Å². The van der Waals surface area contributed by atoms with Crippen LogP contribution in [0.1, 0.15) is 43.7 Å². The average molecular weight is 265 g/mol. The molecule has 0 aliphatic rings. The van der Waals surface area contributed by atoms with Crippen LogP contribution < -0.4 is 5.32 Å². The van der Waals surface area contributed by atoms with Crippen molar-refractivity contribution in [2.24, 2.45) is 0 Å². The molecular weight excluding hydrogens is 238 g/mol. The van der Waals surface area contributed by atoms with Crippen LogP contribution in [0.15, 0.2) is 24.3 Å². The molecule has 1 rings (SSSR count). The second-order valence-corrected chi connectivity index (χ2v) is 6.09. The van der Waals surface area contributed by atoms with Gasteiger partial charge in [-0.3, -0.25) is 0 Å². The molecular formula is C16H27NS. The van der Waals surface area contributed by atoms with E-state index < -0.39 is 0 Å². The van der Waals surface area contributed by atoms with Crippen LogP contribution in [-0.2, 0) is 0 Å². The number of rotatable bonds is 9. The van der Waals surface area contributed by atoms with E-state index in [0.717, 1.165) is 13.1 Å². The van der Waals surface area contributed by atoms with Crippen LogP contribution in [-0.4, -0.2) is 24.6 Å². The molecule has 1 aromatic rings. The Bertz CT molecular complexity index is 325. The highest BCUT2D eigenvalue weighted by molar-refractivity contribution is 7.99. The van der Waals surface area contributed by atoms with Gasteiger partial charge in [-0.05, 0) is 54.9 Å². The van der Waals surface area contributed by atoms with E-state index in [4.69, 9.17) is 0 Å². The molecule has 0 heterocycles. The van der Waals surface area contributed by atoms with Crippen molar-refractivity contribution in [3.63, 3.8) is 0 Å². The van der Waals surface area contributed by atoms with Crippen molar-refractivity contribution in [2.75, 3.05) is 24.6 Å². The van der Waals surface area contributed by atoms with Gasteiger partial charge in [0, 0.05) is 6.54 Å². The van der Waals surface area contributed by atoms with E-state index in [-0.39, 0.29) is 0 Å². The molecule has 0 spiro atoms. The summed E-state index contributed by atoms with van der Waals surface area (Å²) < 4.78 is 0. The summed E-state index contributed by atoms with van der Waals surface area (Å²) in [7, 11) is 0. The summed E-state index contributed by atoms with van der Waals surface area (Å²) in [6.45, 7) is 8.82. The SMILES string of the molecule is CCNCC(CCCSCC)c1ccccc1C. The molecule has 0 radical (unpaired) electrons. The topological polar surface area (TPSA) is 12.0 Å². The Kier molecular flexibility index (Phi) is 8.19. The van der Waals surface area contributed by atoms with Crippen molar-refractivity contribution >= 4 is 11.8 Å². The van der Waals surface area contributed by atoms with Crippen molar-refractivity contribution in [3.05, 3.63) is 35.4 Å². The third-order valence-corrected chi connectivity index (χ3v) is 4.30. The molecule has 18 heavy (non-hydrogen) atoms. The molecule has 0 bridgehead atoms. The van der Waals surface area contributed by atoms with Crippen molar-refractivity contribution in [3.8, 4) is 0 Å². The minimum Gasteiger partial charge on any atom is -0.316 e. The van der Waals surface area contributed by atoms with Crippen LogP contribution >= 0.6 is 11.8 Å². The highest BCUT2D eigenvalue weighted by Gasteiger charge is 2.12. The predicted molar refractivity (Wildman–Crippen MR) is 84.7 cm³/mol. The first-order chi connectivity index (χ1) is 8.79. The molecule has 1 nitrogen and oxygen atoms in total. The van der Waals surface area contributed by atoms with Crippen molar-refractivity contribution in [1.82, 2.24) is 5.32 Å². The van der Waals surface area contributed by atoms with Gasteiger partial charge < -0.3 is 5.32 Å². The zero-order chi connectivity index (χ0) is 13.2. The molecule has 0 aliphatic heterocycles. The molecule has 0 saturated carbocycles. The first-order valence-electron chi connectivity index (χ1n) is 7.13. The normalized spacial score (nSPS) is 12.6. The first kappa shape index (κ1) is 15.6. The largest absolute Gasteiger partial charge is 0.316 e. The minimum atomic E-state index is 0.670. The lowest BCUT2D eigenvalue weighted by Crippen LogP contribution is -2.22. The van der Waals surface area contributed by atoms with E-state index in [1.165, 1.54) is 35.5 Å². The molecule has 1 N–H and O–H groups in total. The van der Waals surface area contributed by atoms with Gasteiger partial charge in [0.25, 0.3) is 0 Å². The van der Waals surface area contributed by atoms with Crippen molar-refractivity contribution < 1.29 is 0 Å². The smallest absolute Gasteiger partial charge is 0.00201 e. The summed E-state index contributed by atoms with van der Waals surface area (Å²) in [5.74, 6) is 3.20. The van der Waals surface area contributed by atoms with Crippen molar-refractivity contribution in [2.45, 2.75) is 39.5 Å². The number of hydrogen-bond donors (Lipinski definition) is 1. The number of nitrogens with one attached hydrogen (secondary N) is 1. The van der Waals surface area contributed by atoms with Gasteiger partial charge in [0.05, 0.1) is 0 Å². The Balaban J connectivity index is 2.57. The van der Waals surface area contributed by atoms with Crippen LogP contribution in [0.2, 0.25) is 0 Å². The Hall–Kier alpha value is -0.470. The van der Waals surface area contributed by atoms with E-state index in [2.05, 4.69) is 62.1 Å². The molecule has 0 aromatic heterocycles. The van der Waals surface area contributed by atoms with Crippen LogP contribution in [0.5, 0.6) is 0 Å².